The fourth-order valence-corrected chi connectivity index (χ4v) is 7.50. The van der Waals surface area contributed by atoms with Crippen LogP contribution in [0.5, 0.6) is 0 Å². The molecule has 0 saturated carbocycles. The number of benzene rings is 1. The molecule has 2 aromatic heterocycles. The van der Waals surface area contributed by atoms with Crippen LogP contribution >= 0.6 is 11.3 Å². The van der Waals surface area contributed by atoms with Gasteiger partial charge in [-0.05, 0) is 44.2 Å². The maximum absolute atomic E-state index is 14.0. The number of sulfonamides is 1. The number of nitrogens with one attached hydrogen (secondary N) is 1. The number of carbonyl (C=O) groups is 1. The second-order valence-corrected chi connectivity index (χ2v) is 12.3. The van der Waals surface area contributed by atoms with Crippen LogP contribution in [0.1, 0.15) is 23.2 Å². The van der Waals surface area contributed by atoms with Crippen LogP contribution in [0.4, 0.5) is 32.0 Å². The second kappa shape index (κ2) is 10.0. The molecule has 1 amide bonds. The van der Waals surface area contributed by atoms with Gasteiger partial charge in [-0.25, -0.2) is 13.4 Å². The first-order valence-corrected chi connectivity index (χ1v) is 13.7. The van der Waals surface area contributed by atoms with Gasteiger partial charge in [0, 0.05) is 36.9 Å². The summed E-state index contributed by atoms with van der Waals surface area (Å²) < 4.78 is 109. The average molecular weight is 613 g/mol. The number of piperazine rings is 1. The van der Waals surface area contributed by atoms with Crippen molar-refractivity contribution in [3.8, 4) is 11.4 Å². The van der Waals surface area contributed by atoms with Crippen LogP contribution in [0.2, 0.25) is 0 Å². The lowest BCUT2D eigenvalue weighted by atomic mass is 10.0. The smallest absolute Gasteiger partial charge is 0.368 e. The van der Waals surface area contributed by atoms with Gasteiger partial charge in [0.05, 0.1) is 10.4 Å². The number of rotatable bonds is 6. The van der Waals surface area contributed by atoms with Crippen LogP contribution in [-0.2, 0) is 26.6 Å². The summed E-state index contributed by atoms with van der Waals surface area (Å²) in [5.41, 5.74) is -0.369. The molecule has 0 spiro atoms. The molecule has 0 bridgehead atoms. The molecule has 4 N–H and O–H groups in total. The minimum absolute atomic E-state index is 0.0246. The Balaban J connectivity index is 1.61. The summed E-state index contributed by atoms with van der Waals surface area (Å²) in [5.74, 6) is -1.64. The highest BCUT2D eigenvalue weighted by molar-refractivity contribution is 7.91. The van der Waals surface area contributed by atoms with Gasteiger partial charge >= 0.3 is 12.4 Å². The lowest BCUT2D eigenvalue weighted by Gasteiger charge is -2.40. The second-order valence-electron chi connectivity index (χ2n) is 9.08. The van der Waals surface area contributed by atoms with Crippen LogP contribution in [0, 0.1) is 6.92 Å². The molecule has 3 heterocycles. The van der Waals surface area contributed by atoms with E-state index in [2.05, 4.69) is 15.2 Å². The van der Waals surface area contributed by atoms with E-state index in [1.807, 2.05) is 0 Å². The van der Waals surface area contributed by atoms with E-state index < -0.39 is 54.6 Å². The molecule has 1 saturated heterocycles. The first kappa shape index (κ1) is 29.8. The van der Waals surface area contributed by atoms with E-state index in [1.165, 1.54) is 24.0 Å². The fourth-order valence-electron chi connectivity index (χ4n) is 4.34. The number of aromatic nitrogens is 3. The van der Waals surface area contributed by atoms with Crippen LogP contribution < -0.4 is 10.6 Å². The van der Waals surface area contributed by atoms with Crippen molar-refractivity contribution in [1.29, 1.82) is 0 Å². The highest BCUT2D eigenvalue weighted by Gasteiger charge is 2.61. The van der Waals surface area contributed by atoms with Crippen LogP contribution in [0.15, 0.2) is 34.5 Å². The Kier molecular flexibility index (Phi) is 7.44. The Morgan fingerprint density at radius 1 is 1.15 bits per heavy atom. The number of halogens is 6. The Bertz CT molecular complexity index is 1540. The Hall–Kier alpha value is -3.22. The van der Waals surface area contributed by atoms with Gasteiger partial charge < -0.3 is 15.7 Å². The van der Waals surface area contributed by atoms with Crippen molar-refractivity contribution in [2.75, 3.05) is 24.5 Å². The van der Waals surface area contributed by atoms with E-state index in [4.69, 9.17) is 5.73 Å². The Morgan fingerprint density at radius 3 is 2.35 bits per heavy atom. The van der Waals surface area contributed by atoms with Crippen molar-refractivity contribution >= 4 is 33.0 Å². The number of nitrogens with two attached hydrogens (primary N) is 1. The molecule has 4 rings (SSSR count). The van der Waals surface area contributed by atoms with Gasteiger partial charge in [0.15, 0.2) is 5.82 Å². The van der Waals surface area contributed by atoms with Crippen LogP contribution in [-0.4, -0.2) is 70.8 Å². The molecule has 0 radical (unpaired) electrons. The van der Waals surface area contributed by atoms with Crippen molar-refractivity contribution in [2.24, 2.45) is 5.73 Å². The molecule has 2 unspecified atom stereocenters. The molecule has 1 aliphatic rings. The molecule has 0 aliphatic carbocycles. The summed E-state index contributed by atoms with van der Waals surface area (Å²) in [6.07, 6.45) is -10.3. The molecule has 1 fully saturated rings. The first-order valence-electron chi connectivity index (χ1n) is 11.4. The lowest BCUT2D eigenvalue weighted by Crippen LogP contribution is -2.54. The summed E-state index contributed by atoms with van der Waals surface area (Å²) >= 11 is 0.0246. The van der Waals surface area contributed by atoms with Gasteiger partial charge in [0.1, 0.15) is 10.0 Å². The number of anilines is 1. The zero-order chi connectivity index (χ0) is 29.8. The quantitative estimate of drug-likeness (QED) is 0.363. The van der Waals surface area contributed by atoms with Crippen molar-refractivity contribution in [2.45, 2.75) is 42.1 Å². The Labute approximate surface area is 227 Å². The topological polar surface area (TPSA) is 146 Å². The molecule has 1 aliphatic heterocycles. The van der Waals surface area contributed by atoms with Crippen molar-refractivity contribution in [3.63, 3.8) is 0 Å². The summed E-state index contributed by atoms with van der Waals surface area (Å²) in [6, 6.07) is 4.10. The average Bonchev–Trinajstić information content (AvgIpc) is 3.52. The number of nitrogens with zero attached hydrogens (tertiary/aromatic N) is 4. The maximum Gasteiger partial charge on any atom is 0.431 e. The van der Waals surface area contributed by atoms with Crippen molar-refractivity contribution < 1.29 is 44.7 Å². The number of hydrogen-bond donors (Lipinski definition) is 3. The number of H-pyrrole nitrogens is 1. The van der Waals surface area contributed by atoms with E-state index >= 15 is 0 Å². The molecule has 18 heteroatoms. The highest BCUT2D eigenvalue weighted by atomic mass is 32.2. The molecule has 218 valence electrons. The molecule has 3 aromatic rings. The monoisotopic (exact) mass is 612 g/mol. The van der Waals surface area contributed by atoms with Crippen LogP contribution in [0.3, 0.4) is 0 Å². The van der Waals surface area contributed by atoms with Crippen molar-refractivity contribution in [1.82, 2.24) is 19.5 Å². The van der Waals surface area contributed by atoms with Gasteiger partial charge in [-0.2, -0.15) is 35.7 Å². The zero-order valence-corrected chi connectivity index (χ0v) is 22.3. The van der Waals surface area contributed by atoms with E-state index in [0.29, 0.717) is 11.9 Å². The Morgan fingerprint density at radius 2 is 1.82 bits per heavy atom. The van der Waals surface area contributed by atoms with Crippen molar-refractivity contribution in [3.05, 3.63) is 46.6 Å². The van der Waals surface area contributed by atoms with Crippen LogP contribution in [0.25, 0.3) is 11.4 Å². The minimum Gasteiger partial charge on any atom is -0.368 e. The molecular formula is C22H22F6N6O4S2. The van der Waals surface area contributed by atoms with E-state index in [1.54, 1.807) is 6.92 Å². The van der Waals surface area contributed by atoms with Gasteiger partial charge in [-0.3, -0.25) is 9.89 Å². The fraction of sp³-hybridized carbons (Fsp3) is 0.409. The minimum atomic E-state index is -5.51. The normalized spacial score (nSPS) is 19.0. The molecule has 2 atom stereocenters. The largest absolute Gasteiger partial charge is 0.431 e. The maximum atomic E-state index is 14.0. The number of aliphatic hydroxyl groups is 1. The lowest BCUT2D eigenvalue weighted by molar-refractivity contribution is -0.254. The highest BCUT2D eigenvalue weighted by Crippen LogP contribution is 2.44. The third-order valence-corrected chi connectivity index (χ3v) is 10.0. The first-order chi connectivity index (χ1) is 18.4. The third-order valence-electron chi connectivity index (χ3n) is 6.33. The predicted octanol–water partition coefficient (Wildman–Crippen LogP) is 3.00. The van der Waals surface area contributed by atoms with E-state index in [9.17, 15) is 44.7 Å². The SMILES string of the molecule is Cc1nc(-c2ccc(N3CCN(S(=O)(=O)c4ccc(C(O)(C(N)=O)C(F)(F)F)s4)C(C)C3)c(C(F)(F)F)c2)n[nH]1. The zero-order valence-electron chi connectivity index (χ0n) is 20.7. The number of primary amides is 1. The number of carbonyl (C=O) groups excluding carboxylic acids is 1. The number of amides is 1. The molecule has 1 aromatic carbocycles. The third kappa shape index (κ3) is 5.15. The number of hydrogen-bond acceptors (Lipinski definition) is 8. The van der Waals surface area contributed by atoms with Gasteiger partial charge in [-0.1, -0.05) is 0 Å². The summed E-state index contributed by atoms with van der Waals surface area (Å²) in [5, 5.41) is 16.4. The number of aryl methyl sites for hydroxylation is 1. The van der Waals surface area contributed by atoms with Gasteiger partial charge in [0.2, 0.25) is 0 Å². The molecule has 10 nitrogen and oxygen atoms in total. The standard InChI is InChI=1S/C22H22F6N6O4S2/c1-11-10-33(15-4-3-13(9-14(15)21(23,24)25)18-30-12(2)31-32-18)7-8-34(11)40(37,38)17-6-5-16(39-17)20(36,19(29)35)22(26,27)28/h3-6,9,11,36H,7-8,10H2,1-2H3,(H2,29,35)(H,30,31,32). The predicted molar refractivity (Wildman–Crippen MR) is 131 cm³/mol. The molecule has 40 heavy (non-hydrogen) atoms. The summed E-state index contributed by atoms with van der Waals surface area (Å²) in [4.78, 5) is 15.8. The summed E-state index contributed by atoms with van der Waals surface area (Å²) in [6.45, 7) is 2.39. The van der Waals surface area contributed by atoms with Gasteiger partial charge in [0.25, 0.3) is 21.5 Å². The van der Waals surface area contributed by atoms with E-state index in [-0.39, 0.29) is 48.0 Å². The van der Waals surface area contributed by atoms with E-state index in [0.717, 1.165) is 16.4 Å². The number of alkyl halides is 6. The molecular weight excluding hydrogens is 590 g/mol. The summed E-state index contributed by atoms with van der Waals surface area (Å²) in [7, 11) is -4.45. The number of aromatic amines is 1. The number of thiophene rings is 1. The van der Waals surface area contributed by atoms with Gasteiger partial charge in [-0.15, -0.1) is 11.3 Å².